The van der Waals surface area contributed by atoms with Gasteiger partial charge in [-0.3, -0.25) is 13.8 Å². The van der Waals surface area contributed by atoms with Crippen LogP contribution in [0.1, 0.15) is 219 Å². The number of unbranched alkanes of at least 4 members (excludes halogenated alkanes) is 29. The average molecular weight is 788 g/mol. The zero-order valence-electron chi connectivity index (χ0n) is 36.5. The topological polar surface area (TPSA) is 105 Å². The number of aliphatic hydroxyl groups excluding tert-OH is 1. The molecular weight excluding hydrogens is 695 g/mol. The van der Waals surface area contributed by atoms with Gasteiger partial charge in [0, 0.05) is 6.42 Å². The zero-order valence-corrected chi connectivity index (χ0v) is 37.4. The summed E-state index contributed by atoms with van der Waals surface area (Å²) in [6.07, 6.45) is 44.3. The number of quaternary nitrogens is 1. The minimum atomic E-state index is -4.31. The number of phosphoric ester groups is 1. The van der Waals surface area contributed by atoms with Crippen molar-refractivity contribution in [3.05, 3.63) is 12.2 Å². The van der Waals surface area contributed by atoms with Gasteiger partial charge in [0.1, 0.15) is 13.2 Å². The van der Waals surface area contributed by atoms with Crippen molar-refractivity contribution in [3.8, 4) is 0 Å². The van der Waals surface area contributed by atoms with E-state index < -0.39 is 20.0 Å². The van der Waals surface area contributed by atoms with Crippen molar-refractivity contribution in [1.82, 2.24) is 5.32 Å². The van der Waals surface area contributed by atoms with Gasteiger partial charge < -0.3 is 19.8 Å². The lowest BCUT2D eigenvalue weighted by molar-refractivity contribution is -0.870. The fraction of sp³-hybridized carbons (Fsp3) is 0.933. The largest absolute Gasteiger partial charge is 0.472 e. The van der Waals surface area contributed by atoms with Crippen LogP contribution in [0.15, 0.2) is 12.2 Å². The van der Waals surface area contributed by atoms with E-state index >= 15 is 0 Å². The number of likely N-dealkylation sites (N-methyl/N-ethyl adjacent to an activating group) is 1. The summed E-state index contributed by atoms with van der Waals surface area (Å²) in [5.41, 5.74) is 0. The number of carbonyl (C=O) groups excluding carboxylic acids is 1. The summed E-state index contributed by atoms with van der Waals surface area (Å²) in [5.74, 6) is -0.211. The van der Waals surface area contributed by atoms with Gasteiger partial charge in [0.2, 0.25) is 5.91 Å². The zero-order chi connectivity index (χ0) is 40.0. The van der Waals surface area contributed by atoms with Gasteiger partial charge in [-0.25, -0.2) is 4.57 Å². The second-order valence-corrected chi connectivity index (χ2v) is 18.6. The van der Waals surface area contributed by atoms with E-state index in [-0.39, 0.29) is 19.1 Å². The first-order valence-corrected chi connectivity index (χ1v) is 24.6. The molecule has 54 heavy (non-hydrogen) atoms. The van der Waals surface area contributed by atoms with Crippen molar-refractivity contribution >= 4 is 13.7 Å². The number of nitrogens with zero attached hydrogens (tertiary/aromatic N) is 1. The van der Waals surface area contributed by atoms with E-state index in [1.165, 1.54) is 173 Å². The molecule has 0 saturated carbocycles. The highest BCUT2D eigenvalue weighted by atomic mass is 31.2. The molecule has 0 aliphatic rings. The molecule has 0 bridgehead atoms. The van der Waals surface area contributed by atoms with Crippen LogP contribution >= 0.6 is 7.82 Å². The van der Waals surface area contributed by atoms with E-state index in [4.69, 9.17) is 9.05 Å². The Morgan fingerprint density at radius 1 is 0.611 bits per heavy atom. The number of amides is 1. The molecule has 3 N–H and O–H groups in total. The monoisotopic (exact) mass is 788 g/mol. The normalized spacial score (nSPS) is 14.4. The van der Waals surface area contributed by atoms with E-state index in [1.54, 1.807) is 6.08 Å². The average Bonchev–Trinajstić information content (AvgIpc) is 3.12. The lowest BCUT2D eigenvalue weighted by atomic mass is 10.0. The Morgan fingerprint density at radius 2 is 0.981 bits per heavy atom. The van der Waals surface area contributed by atoms with Crippen LogP contribution in [-0.2, 0) is 18.4 Å². The molecule has 1 amide bonds. The van der Waals surface area contributed by atoms with E-state index in [9.17, 15) is 19.4 Å². The molecule has 3 atom stereocenters. The van der Waals surface area contributed by atoms with Crippen LogP contribution in [0, 0.1) is 0 Å². The lowest BCUT2D eigenvalue weighted by Gasteiger charge is -2.25. The highest BCUT2D eigenvalue weighted by molar-refractivity contribution is 7.47. The predicted octanol–water partition coefficient (Wildman–Crippen LogP) is 12.8. The number of phosphoric acid groups is 1. The van der Waals surface area contributed by atoms with Crippen molar-refractivity contribution in [2.24, 2.45) is 0 Å². The molecule has 0 aromatic carbocycles. The van der Waals surface area contributed by atoms with Crippen LogP contribution in [0.3, 0.4) is 0 Å². The molecule has 0 radical (unpaired) electrons. The highest BCUT2D eigenvalue weighted by Gasteiger charge is 2.27. The molecule has 0 aromatic rings. The van der Waals surface area contributed by atoms with Crippen LogP contribution < -0.4 is 5.32 Å². The van der Waals surface area contributed by atoms with Crippen LogP contribution in [0.2, 0.25) is 0 Å². The smallest absolute Gasteiger partial charge is 0.387 e. The Morgan fingerprint density at radius 3 is 1.35 bits per heavy atom. The van der Waals surface area contributed by atoms with Crippen LogP contribution in [0.5, 0.6) is 0 Å². The minimum absolute atomic E-state index is 0.0624. The SMILES string of the molecule is CCCCCCCCCCCCCCCCCCCCCCCCCCCCCC/C=C/C(O)C(COP(=O)(O)OCC[N+](C)(C)C)NC(=O)CCCC. The molecule has 322 valence electrons. The summed E-state index contributed by atoms with van der Waals surface area (Å²) in [4.78, 5) is 22.5. The molecule has 3 unspecified atom stereocenters. The molecule has 0 rings (SSSR count). The van der Waals surface area contributed by atoms with Crippen LogP contribution in [-0.4, -0.2) is 73.4 Å². The first kappa shape index (κ1) is 53.2. The second kappa shape index (κ2) is 37.8. The fourth-order valence-electron chi connectivity index (χ4n) is 6.79. The van der Waals surface area contributed by atoms with E-state index in [0.717, 1.165) is 25.7 Å². The number of aliphatic hydroxyl groups is 1. The van der Waals surface area contributed by atoms with Crippen molar-refractivity contribution in [2.75, 3.05) is 40.9 Å². The Balaban J connectivity index is 3.77. The maximum absolute atomic E-state index is 12.4. The number of nitrogens with one attached hydrogen (secondary N) is 1. The van der Waals surface area contributed by atoms with Gasteiger partial charge in [-0.05, 0) is 19.3 Å². The molecular formula is C45H92N2O6P+. The van der Waals surface area contributed by atoms with Gasteiger partial charge in [0.25, 0.3) is 0 Å². The first-order valence-electron chi connectivity index (χ1n) is 23.1. The van der Waals surface area contributed by atoms with Crippen molar-refractivity contribution in [2.45, 2.75) is 231 Å². The number of hydrogen-bond acceptors (Lipinski definition) is 5. The molecule has 9 heteroatoms. The Bertz CT molecular complexity index is 896. The molecule has 0 spiro atoms. The summed E-state index contributed by atoms with van der Waals surface area (Å²) in [7, 11) is 1.57. The third-order valence-electron chi connectivity index (χ3n) is 10.5. The molecule has 0 fully saturated rings. The minimum Gasteiger partial charge on any atom is -0.387 e. The van der Waals surface area contributed by atoms with Gasteiger partial charge in [-0.2, -0.15) is 0 Å². The maximum atomic E-state index is 12.4. The maximum Gasteiger partial charge on any atom is 0.472 e. The summed E-state index contributed by atoms with van der Waals surface area (Å²) in [6, 6.07) is -0.836. The molecule has 0 aliphatic carbocycles. The molecule has 0 aliphatic heterocycles. The number of carbonyl (C=O) groups is 1. The summed E-state index contributed by atoms with van der Waals surface area (Å²) in [6.45, 7) is 4.58. The van der Waals surface area contributed by atoms with Gasteiger partial charge in [-0.15, -0.1) is 0 Å². The Hall–Kier alpha value is -0.760. The summed E-state index contributed by atoms with van der Waals surface area (Å²) < 4.78 is 23.2. The quantitative estimate of drug-likeness (QED) is 0.0246. The molecule has 8 nitrogen and oxygen atoms in total. The summed E-state index contributed by atoms with van der Waals surface area (Å²) >= 11 is 0. The van der Waals surface area contributed by atoms with Crippen LogP contribution in [0.4, 0.5) is 0 Å². The second-order valence-electron chi connectivity index (χ2n) is 17.1. The van der Waals surface area contributed by atoms with Gasteiger partial charge in [-0.1, -0.05) is 206 Å². The van der Waals surface area contributed by atoms with Crippen molar-refractivity contribution < 1.29 is 32.9 Å². The lowest BCUT2D eigenvalue weighted by Crippen LogP contribution is -2.45. The van der Waals surface area contributed by atoms with E-state index in [2.05, 4.69) is 12.2 Å². The highest BCUT2D eigenvalue weighted by Crippen LogP contribution is 2.43. The van der Waals surface area contributed by atoms with Crippen molar-refractivity contribution in [3.63, 3.8) is 0 Å². The number of allylic oxidation sites excluding steroid dienone is 1. The van der Waals surface area contributed by atoms with Crippen molar-refractivity contribution in [1.29, 1.82) is 0 Å². The van der Waals surface area contributed by atoms with Gasteiger partial charge in [0.15, 0.2) is 0 Å². The third kappa shape index (κ3) is 39.5. The fourth-order valence-corrected chi connectivity index (χ4v) is 7.52. The molecule has 0 heterocycles. The Labute approximate surface area is 335 Å². The van der Waals surface area contributed by atoms with Gasteiger partial charge >= 0.3 is 7.82 Å². The summed E-state index contributed by atoms with van der Waals surface area (Å²) in [5, 5.41) is 13.5. The van der Waals surface area contributed by atoms with Crippen LogP contribution in [0.25, 0.3) is 0 Å². The van der Waals surface area contributed by atoms with E-state index in [0.29, 0.717) is 17.4 Å². The predicted molar refractivity (Wildman–Crippen MR) is 231 cm³/mol. The van der Waals surface area contributed by atoms with Gasteiger partial charge in [0.05, 0.1) is 39.9 Å². The van der Waals surface area contributed by atoms with E-state index in [1.807, 2.05) is 34.1 Å². The number of rotatable bonds is 42. The standard InChI is InChI=1S/C45H91N2O6P/c1-6-8-10-11-12-13-14-15-16-17-18-19-20-21-22-23-24-25-26-27-28-29-30-31-32-33-34-35-36-37-38-44(48)43(46-45(49)39-9-7-2)42-53-54(50,51)52-41-40-47(3,4)5/h37-38,43-44,48H,6-36,39-42H2,1-5H3,(H-,46,49,50,51)/p+1/b38-37+. The molecule has 0 aromatic heterocycles. The number of hydrogen-bond donors (Lipinski definition) is 3. The molecule has 0 saturated heterocycles. The Kier molecular flexibility index (Phi) is 37.3. The first-order chi connectivity index (χ1) is 26.0. The third-order valence-corrected chi connectivity index (χ3v) is 11.5.